The van der Waals surface area contributed by atoms with Gasteiger partial charge < -0.3 is 19.0 Å². The number of hydrogen-bond acceptors (Lipinski definition) is 8. The second-order valence-electron chi connectivity index (χ2n) is 11.5. The number of carbonyl (C=O) groups is 2. The molecule has 1 aromatic carbocycles. The molecule has 1 aliphatic rings. The van der Waals surface area contributed by atoms with Crippen LogP contribution in [0.15, 0.2) is 73.3 Å². The van der Waals surface area contributed by atoms with Gasteiger partial charge in [0.2, 0.25) is 5.88 Å². The Morgan fingerprint density at radius 1 is 0.905 bits per heavy atom. The summed E-state index contributed by atoms with van der Waals surface area (Å²) in [7, 11) is 0. The van der Waals surface area contributed by atoms with Gasteiger partial charge in [-0.25, -0.2) is 14.3 Å². The van der Waals surface area contributed by atoms with E-state index in [9.17, 15) is 9.59 Å². The molecule has 4 aromatic heterocycles. The molecular weight excluding hydrogens is 532 g/mol. The number of benzene rings is 1. The third-order valence-electron chi connectivity index (χ3n) is 7.17. The Kier molecular flexibility index (Phi) is 7.33. The van der Waals surface area contributed by atoms with Crippen molar-refractivity contribution in [3.05, 3.63) is 79.0 Å². The molecule has 5 aromatic rings. The van der Waals surface area contributed by atoms with Crippen LogP contribution >= 0.6 is 0 Å². The number of aromatic nitrogens is 4. The van der Waals surface area contributed by atoms with Crippen LogP contribution in [-0.4, -0.2) is 49.7 Å². The van der Waals surface area contributed by atoms with Crippen LogP contribution in [-0.2, 0) is 16.0 Å². The van der Waals surface area contributed by atoms with Crippen LogP contribution in [0, 0.1) is 0 Å². The fourth-order valence-corrected chi connectivity index (χ4v) is 5.08. The molecule has 6 rings (SSSR count). The lowest BCUT2D eigenvalue weighted by Gasteiger charge is -2.34. The van der Waals surface area contributed by atoms with Crippen molar-refractivity contribution < 1.29 is 23.8 Å². The zero-order chi connectivity index (χ0) is 29.3. The number of aldehydes is 1. The van der Waals surface area contributed by atoms with Crippen LogP contribution in [0.1, 0.15) is 45.7 Å². The zero-order valence-electron chi connectivity index (χ0n) is 23.8. The molecule has 9 heteroatoms. The first-order chi connectivity index (χ1) is 20.3. The van der Waals surface area contributed by atoms with E-state index in [1.54, 1.807) is 29.4 Å². The predicted octanol–water partition coefficient (Wildman–Crippen LogP) is 6.55. The first-order valence-electron chi connectivity index (χ1n) is 14.1. The van der Waals surface area contributed by atoms with E-state index in [-0.39, 0.29) is 12.2 Å². The number of aryl methyl sites for hydroxylation is 1. The largest absolute Gasteiger partial charge is 0.489 e. The summed E-state index contributed by atoms with van der Waals surface area (Å²) in [4.78, 5) is 36.9. The van der Waals surface area contributed by atoms with Gasteiger partial charge in [-0.05, 0) is 63.1 Å². The Balaban J connectivity index is 1.13. The van der Waals surface area contributed by atoms with Crippen LogP contribution in [0.3, 0.4) is 0 Å². The number of rotatable bonds is 8. The summed E-state index contributed by atoms with van der Waals surface area (Å²) in [6.45, 7) is 5.56. The highest BCUT2D eigenvalue weighted by Gasteiger charge is 2.33. The highest BCUT2D eigenvalue weighted by atomic mass is 16.6. The van der Waals surface area contributed by atoms with E-state index in [1.165, 1.54) is 0 Å². The first-order valence-corrected chi connectivity index (χ1v) is 14.1. The van der Waals surface area contributed by atoms with E-state index >= 15 is 0 Å². The summed E-state index contributed by atoms with van der Waals surface area (Å²) in [5.41, 5.74) is 3.57. The van der Waals surface area contributed by atoms with Crippen molar-refractivity contribution >= 4 is 34.2 Å². The van der Waals surface area contributed by atoms with E-state index < -0.39 is 11.7 Å². The zero-order valence-corrected chi connectivity index (χ0v) is 23.8. The van der Waals surface area contributed by atoms with Crippen LogP contribution < -0.4 is 9.47 Å². The summed E-state index contributed by atoms with van der Waals surface area (Å²) in [5.74, 6) is 1.27. The average molecular weight is 565 g/mol. The van der Waals surface area contributed by atoms with E-state index in [0.29, 0.717) is 18.7 Å². The van der Waals surface area contributed by atoms with E-state index in [0.717, 1.165) is 63.5 Å². The van der Waals surface area contributed by atoms with E-state index in [4.69, 9.17) is 14.2 Å². The molecule has 0 radical (unpaired) electrons. The highest BCUT2D eigenvalue weighted by Crippen LogP contribution is 2.34. The van der Waals surface area contributed by atoms with Crippen molar-refractivity contribution in [1.29, 1.82) is 0 Å². The van der Waals surface area contributed by atoms with Crippen LogP contribution in [0.4, 0.5) is 4.79 Å². The normalized spacial score (nSPS) is 16.6. The molecule has 42 heavy (non-hydrogen) atoms. The molecule has 0 atom stereocenters. The van der Waals surface area contributed by atoms with Gasteiger partial charge >= 0.3 is 6.09 Å². The molecule has 1 saturated carbocycles. The summed E-state index contributed by atoms with van der Waals surface area (Å²) in [5, 5.41) is 1.81. The van der Waals surface area contributed by atoms with Gasteiger partial charge in [0.1, 0.15) is 29.8 Å². The first kappa shape index (κ1) is 27.4. The molecule has 9 nitrogen and oxygen atoms in total. The van der Waals surface area contributed by atoms with Gasteiger partial charge in [-0.15, -0.1) is 0 Å². The predicted molar refractivity (Wildman–Crippen MR) is 159 cm³/mol. The molecular formula is C33H32N4O5. The minimum atomic E-state index is -0.627. The Hall–Kier alpha value is -4.79. The van der Waals surface area contributed by atoms with Crippen LogP contribution in [0.2, 0.25) is 0 Å². The number of pyridine rings is 3. The SMILES string of the molecule is CC(C)(C)OC(=O)n1c2ccncc2c2ccc(-c3ccc(OC4CC(Oc5ccc(CCC=O)nc5)C4)nc3)cc21. The Bertz CT molecular complexity index is 1730. The summed E-state index contributed by atoms with van der Waals surface area (Å²) >= 11 is 0. The maximum atomic E-state index is 13.2. The maximum Gasteiger partial charge on any atom is 0.419 e. The van der Waals surface area contributed by atoms with E-state index in [2.05, 4.69) is 15.0 Å². The number of ether oxygens (including phenoxy) is 3. The quantitative estimate of drug-likeness (QED) is 0.195. The summed E-state index contributed by atoms with van der Waals surface area (Å²) in [6.07, 6.45) is 10.1. The minimum absolute atomic E-state index is 0.0302. The third-order valence-corrected chi connectivity index (χ3v) is 7.17. The average Bonchev–Trinajstić information content (AvgIpc) is 3.29. The van der Waals surface area contributed by atoms with Crippen LogP contribution in [0.5, 0.6) is 11.6 Å². The molecule has 4 heterocycles. The van der Waals surface area contributed by atoms with Crippen molar-refractivity contribution in [1.82, 2.24) is 19.5 Å². The van der Waals surface area contributed by atoms with Crippen molar-refractivity contribution in [2.45, 2.75) is 64.3 Å². The molecule has 214 valence electrons. The van der Waals surface area contributed by atoms with Gasteiger partial charge in [-0.3, -0.25) is 9.97 Å². The Morgan fingerprint density at radius 3 is 2.43 bits per heavy atom. The number of fused-ring (bicyclic) bond motifs is 3. The van der Waals surface area contributed by atoms with Crippen molar-refractivity contribution in [2.75, 3.05) is 0 Å². The van der Waals surface area contributed by atoms with Gasteiger partial charge in [0.15, 0.2) is 0 Å². The fraction of sp³-hybridized carbons (Fsp3) is 0.303. The van der Waals surface area contributed by atoms with Crippen molar-refractivity contribution in [3.63, 3.8) is 0 Å². The van der Waals surface area contributed by atoms with Crippen molar-refractivity contribution in [2.24, 2.45) is 0 Å². The molecule has 0 amide bonds. The molecule has 1 fully saturated rings. The summed E-state index contributed by atoms with van der Waals surface area (Å²) in [6, 6.07) is 15.4. The topological polar surface area (TPSA) is 105 Å². The van der Waals surface area contributed by atoms with Crippen LogP contribution in [0.25, 0.3) is 32.9 Å². The molecule has 0 spiro atoms. The highest BCUT2D eigenvalue weighted by molar-refractivity contribution is 6.13. The lowest BCUT2D eigenvalue weighted by molar-refractivity contribution is -0.107. The lowest BCUT2D eigenvalue weighted by Crippen LogP contribution is -2.41. The maximum absolute atomic E-state index is 13.2. The third kappa shape index (κ3) is 5.81. The summed E-state index contributed by atoms with van der Waals surface area (Å²) < 4.78 is 19.4. The number of nitrogens with zero attached hydrogens (tertiary/aromatic N) is 4. The Morgan fingerprint density at radius 2 is 1.71 bits per heavy atom. The molecule has 0 unspecified atom stereocenters. The molecule has 0 saturated heterocycles. The smallest absolute Gasteiger partial charge is 0.419 e. The monoisotopic (exact) mass is 564 g/mol. The fourth-order valence-electron chi connectivity index (χ4n) is 5.08. The molecule has 0 N–H and O–H groups in total. The van der Waals surface area contributed by atoms with Crippen molar-refractivity contribution in [3.8, 4) is 22.8 Å². The standard InChI is InChI=1S/C33H32N4O5/c1-33(2,3)42-32(39)37-29-12-13-34-20-28(29)27-10-6-21(15-30(27)37)22-7-11-31(36-18-22)41-26-16-25(17-26)40-24-9-8-23(35-19-24)5-4-14-38/h6-15,18-20,25-26H,4-5,16-17H2,1-3H3. The number of hydrogen-bond donors (Lipinski definition) is 0. The minimum Gasteiger partial charge on any atom is -0.489 e. The Labute approximate surface area is 243 Å². The van der Waals surface area contributed by atoms with Gasteiger partial charge in [-0.2, -0.15) is 0 Å². The molecule has 0 aliphatic heterocycles. The van der Waals surface area contributed by atoms with Gasteiger partial charge in [0.25, 0.3) is 0 Å². The van der Waals surface area contributed by atoms with E-state index in [1.807, 2.05) is 69.3 Å². The number of carbonyl (C=O) groups excluding carboxylic acids is 2. The van der Waals surface area contributed by atoms with Gasteiger partial charge in [0.05, 0.1) is 17.2 Å². The second-order valence-corrected chi connectivity index (χ2v) is 11.5. The molecule has 0 bridgehead atoms. The second kappa shape index (κ2) is 11.2. The van der Waals surface area contributed by atoms with Gasteiger partial charge in [0, 0.05) is 65.9 Å². The lowest BCUT2D eigenvalue weighted by atomic mass is 9.92. The molecule has 1 aliphatic carbocycles. The van der Waals surface area contributed by atoms with Gasteiger partial charge in [-0.1, -0.05) is 12.1 Å².